The molecule has 1 heterocycles. The standard InChI is InChI=1S/C21H16BrClN2O3/c22-18-6-2-1-5-17(18)20(26)25-19(12-14-7-9-15(23)10-8-14)21(27)24-13-16-4-3-11-28-16/h1-12H,13H2,(H,24,27)(H,25,26). The van der Waals surface area contributed by atoms with Crippen LogP contribution in [0.25, 0.3) is 6.08 Å². The van der Waals surface area contributed by atoms with Gasteiger partial charge in [0.2, 0.25) is 0 Å². The van der Waals surface area contributed by atoms with Crippen molar-refractivity contribution in [2.24, 2.45) is 0 Å². The van der Waals surface area contributed by atoms with E-state index in [0.717, 1.165) is 5.56 Å². The fourth-order valence-electron chi connectivity index (χ4n) is 2.39. The molecule has 7 heteroatoms. The highest BCUT2D eigenvalue weighted by molar-refractivity contribution is 9.10. The van der Waals surface area contributed by atoms with Crippen LogP contribution in [0, 0.1) is 0 Å². The van der Waals surface area contributed by atoms with Gasteiger partial charge in [-0.15, -0.1) is 0 Å². The fraction of sp³-hybridized carbons (Fsp3) is 0.0476. The van der Waals surface area contributed by atoms with Crippen molar-refractivity contribution in [3.63, 3.8) is 0 Å². The Labute approximate surface area is 175 Å². The van der Waals surface area contributed by atoms with Crippen LogP contribution in [0.15, 0.2) is 81.5 Å². The summed E-state index contributed by atoms with van der Waals surface area (Å²) in [4.78, 5) is 25.3. The Morgan fingerprint density at radius 2 is 1.79 bits per heavy atom. The van der Waals surface area contributed by atoms with Gasteiger partial charge in [0.1, 0.15) is 11.5 Å². The molecular formula is C21H16BrClN2O3. The molecule has 0 atom stereocenters. The van der Waals surface area contributed by atoms with Gasteiger partial charge in [0, 0.05) is 9.50 Å². The second kappa shape index (κ2) is 9.39. The van der Waals surface area contributed by atoms with Crippen molar-refractivity contribution in [3.8, 4) is 0 Å². The Balaban J connectivity index is 1.83. The number of furan rings is 1. The third kappa shape index (κ3) is 5.34. The summed E-state index contributed by atoms with van der Waals surface area (Å²) in [6.45, 7) is 0.203. The Kier molecular flexibility index (Phi) is 6.68. The van der Waals surface area contributed by atoms with E-state index in [2.05, 4.69) is 26.6 Å². The van der Waals surface area contributed by atoms with Crippen LogP contribution in [0.5, 0.6) is 0 Å². The molecule has 2 N–H and O–H groups in total. The first-order valence-electron chi connectivity index (χ1n) is 8.36. The molecule has 2 amide bonds. The number of nitrogens with one attached hydrogen (secondary N) is 2. The van der Waals surface area contributed by atoms with Gasteiger partial charge in [-0.2, -0.15) is 0 Å². The zero-order valence-electron chi connectivity index (χ0n) is 14.6. The zero-order chi connectivity index (χ0) is 19.9. The van der Waals surface area contributed by atoms with Gasteiger partial charge in [0.05, 0.1) is 18.4 Å². The molecule has 0 aliphatic carbocycles. The van der Waals surface area contributed by atoms with Crippen molar-refractivity contribution in [2.75, 3.05) is 0 Å². The van der Waals surface area contributed by atoms with Crippen molar-refractivity contribution in [3.05, 3.63) is 99.0 Å². The Bertz CT molecular complexity index is 999. The van der Waals surface area contributed by atoms with E-state index in [4.69, 9.17) is 16.0 Å². The molecule has 142 valence electrons. The van der Waals surface area contributed by atoms with Crippen molar-refractivity contribution in [1.82, 2.24) is 10.6 Å². The molecule has 0 bridgehead atoms. The smallest absolute Gasteiger partial charge is 0.268 e. The highest BCUT2D eigenvalue weighted by atomic mass is 79.9. The number of amides is 2. The first-order valence-corrected chi connectivity index (χ1v) is 9.54. The molecule has 0 saturated carbocycles. The summed E-state index contributed by atoms with van der Waals surface area (Å²) < 4.78 is 5.85. The first kappa shape index (κ1) is 19.9. The SMILES string of the molecule is O=C(NCc1ccco1)C(=Cc1ccc(Cl)cc1)NC(=O)c1ccccc1Br. The van der Waals surface area contributed by atoms with Crippen LogP contribution in [-0.4, -0.2) is 11.8 Å². The molecule has 28 heavy (non-hydrogen) atoms. The van der Waals surface area contributed by atoms with Gasteiger partial charge in [-0.3, -0.25) is 9.59 Å². The highest BCUT2D eigenvalue weighted by Crippen LogP contribution is 2.17. The molecular weight excluding hydrogens is 444 g/mol. The van der Waals surface area contributed by atoms with Gasteiger partial charge in [-0.1, -0.05) is 35.9 Å². The largest absolute Gasteiger partial charge is 0.467 e. The lowest BCUT2D eigenvalue weighted by atomic mass is 10.1. The van der Waals surface area contributed by atoms with Gasteiger partial charge < -0.3 is 15.1 Å². The van der Waals surface area contributed by atoms with Crippen molar-refractivity contribution < 1.29 is 14.0 Å². The average molecular weight is 460 g/mol. The predicted octanol–water partition coefficient (Wildman–Crippen LogP) is 4.78. The van der Waals surface area contributed by atoms with Gasteiger partial charge in [0.15, 0.2) is 0 Å². The highest BCUT2D eigenvalue weighted by Gasteiger charge is 2.16. The van der Waals surface area contributed by atoms with Crippen LogP contribution < -0.4 is 10.6 Å². The Hall–Kier alpha value is -2.83. The van der Waals surface area contributed by atoms with Crippen LogP contribution in [0.3, 0.4) is 0 Å². The third-order valence-corrected chi connectivity index (χ3v) is 4.74. The number of benzene rings is 2. The maximum atomic E-state index is 12.7. The van der Waals surface area contributed by atoms with E-state index < -0.39 is 11.8 Å². The van der Waals surface area contributed by atoms with Crippen LogP contribution in [-0.2, 0) is 11.3 Å². The van der Waals surface area contributed by atoms with E-state index in [1.807, 2.05) is 0 Å². The molecule has 1 aromatic heterocycles. The quantitative estimate of drug-likeness (QED) is 0.521. The number of hydrogen-bond acceptors (Lipinski definition) is 3. The lowest BCUT2D eigenvalue weighted by Gasteiger charge is -2.11. The average Bonchev–Trinajstić information content (AvgIpc) is 3.21. The van der Waals surface area contributed by atoms with Crippen molar-refractivity contribution in [2.45, 2.75) is 6.54 Å². The van der Waals surface area contributed by atoms with Gasteiger partial charge in [-0.05, 0) is 64.0 Å². The van der Waals surface area contributed by atoms with E-state index in [-0.39, 0.29) is 12.2 Å². The maximum absolute atomic E-state index is 12.7. The number of rotatable bonds is 6. The molecule has 3 aromatic rings. The minimum Gasteiger partial charge on any atom is -0.467 e. The fourth-order valence-corrected chi connectivity index (χ4v) is 2.99. The summed E-state index contributed by atoms with van der Waals surface area (Å²) in [5.41, 5.74) is 1.25. The zero-order valence-corrected chi connectivity index (χ0v) is 17.0. The van der Waals surface area contributed by atoms with Crippen LogP contribution in [0.1, 0.15) is 21.7 Å². The molecule has 0 saturated heterocycles. The van der Waals surface area contributed by atoms with Crippen LogP contribution in [0.4, 0.5) is 0 Å². The molecule has 0 radical (unpaired) electrons. The molecule has 3 rings (SSSR count). The van der Waals surface area contributed by atoms with Crippen LogP contribution >= 0.6 is 27.5 Å². The lowest BCUT2D eigenvalue weighted by Crippen LogP contribution is -2.34. The van der Waals surface area contributed by atoms with Gasteiger partial charge in [-0.25, -0.2) is 0 Å². The second-order valence-electron chi connectivity index (χ2n) is 5.81. The molecule has 0 aliphatic rings. The molecule has 0 fully saturated rings. The second-order valence-corrected chi connectivity index (χ2v) is 7.10. The lowest BCUT2D eigenvalue weighted by molar-refractivity contribution is -0.118. The summed E-state index contributed by atoms with van der Waals surface area (Å²) in [5, 5.41) is 6.00. The summed E-state index contributed by atoms with van der Waals surface area (Å²) in [6.07, 6.45) is 3.11. The van der Waals surface area contributed by atoms with Gasteiger partial charge >= 0.3 is 0 Å². The molecule has 0 spiro atoms. The summed E-state index contributed by atoms with van der Waals surface area (Å²) in [5.74, 6) is -0.232. The summed E-state index contributed by atoms with van der Waals surface area (Å²) in [6, 6.07) is 17.4. The number of hydrogen-bond donors (Lipinski definition) is 2. The van der Waals surface area contributed by atoms with Crippen LogP contribution in [0.2, 0.25) is 5.02 Å². The normalized spacial score (nSPS) is 11.1. The Morgan fingerprint density at radius 1 is 1.04 bits per heavy atom. The molecule has 5 nitrogen and oxygen atoms in total. The third-order valence-electron chi connectivity index (χ3n) is 3.80. The molecule has 0 aliphatic heterocycles. The van der Waals surface area contributed by atoms with E-state index in [9.17, 15) is 9.59 Å². The minimum absolute atomic E-state index is 0.106. The van der Waals surface area contributed by atoms with Crippen molar-refractivity contribution >= 4 is 45.4 Å². The predicted molar refractivity (Wildman–Crippen MR) is 112 cm³/mol. The number of carbonyl (C=O) groups is 2. The number of carbonyl (C=O) groups excluding carboxylic acids is 2. The van der Waals surface area contributed by atoms with Crippen molar-refractivity contribution in [1.29, 1.82) is 0 Å². The summed E-state index contributed by atoms with van der Waals surface area (Å²) >= 11 is 9.26. The first-order chi connectivity index (χ1) is 13.5. The van der Waals surface area contributed by atoms with E-state index in [1.54, 1.807) is 66.7 Å². The number of halogens is 2. The summed E-state index contributed by atoms with van der Waals surface area (Å²) in [7, 11) is 0. The van der Waals surface area contributed by atoms with E-state index in [0.29, 0.717) is 20.8 Å². The van der Waals surface area contributed by atoms with E-state index >= 15 is 0 Å². The monoisotopic (exact) mass is 458 g/mol. The topological polar surface area (TPSA) is 71.3 Å². The maximum Gasteiger partial charge on any atom is 0.268 e. The Morgan fingerprint density at radius 3 is 2.46 bits per heavy atom. The molecule has 0 unspecified atom stereocenters. The minimum atomic E-state index is -0.438. The van der Waals surface area contributed by atoms with E-state index in [1.165, 1.54) is 6.26 Å². The molecule has 2 aromatic carbocycles. The van der Waals surface area contributed by atoms with Gasteiger partial charge in [0.25, 0.3) is 11.8 Å².